The highest BCUT2D eigenvalue weighted by atomic mass is 32.2. The van der Waals surface area contributed by atoms with Crippen LogP contribution in [-0.2, 0) is 39.0 Å². The highest BCUT2D eigenvalue weighted by Gasteiger charge is 2.25. The molecule has 0 unspecified atom stereocenters. The lowest BCUT2D eigenvalue weighted by atomic mass is 10.2. The van der Waals surface area contributed by atoms with Gasteiger partial charge < -0.3 is 9.39 Å². The van der Waals surface area contributed by atoms with Crippen molar-refractivity contribution in [1.82, 2.24) is 0 Å². The Bertz CT molecular complexity index is 1510. The summed E-state index contributed by atoms with van der Waals surface area (Å²) in [6.07, 6.45) is 1.31. The van der Waals surface area contributed by atoms with Crippen LogP contribution in [-0.4, -0.2) is 36.7 Å². The Morgan fingerprint density at radius 1 is 0.694 bits per heavy atom. The lowest BCUT2D eigenvalue weighted by Crippen LogP contribution is -2.14. The third kappa shape index (κ3) is 7.86. The summed E-state index contributed by atoms with van der Waals surface area (Å²) in [5.41, 5.74) is 1.02. The van der Waals surface area contributed by atoms with Gasteiger partial charge in [0.1, 0.15) is 10.6 Å². The molecule has 0 aromatic heterocycles. The molecule has 0 spiro atoms. The van der Waals surface area contributed by atoms with E-state index in [1.54, 1.807) is 32.0 Å². The van der Waals surface area contributed by atoms with Crippen LogP contribution < -0.4 is 4.18 Å². The van der Waals surface area contributed by atoms with Gasteiger partial charge in [0, 0.05) is 6.21 Å². The summed E-state index contributed by atoms with van der Waals surface area (Å²) in [5, 5.41) is 10.1. The smallest absolute Gasteiger partial charge is 0.339 e. The number of oxime groups is 1. The van der Waals surface area contributed by atoms with Gasteiger partial charge in [-0.15, -0.1) is 5.16 Å². The highest BCUT2D eigenvalue weighted by Crippen LogP contribution is 2.27. The van der Waals surface area contributed by atoms with Gasteiger partial charge in [0.15, 0.2) is 0 Å². The van der Waals surface area contributed by atoms with Crippen LogP contribution in [0.25, 0.3) is 0 Å². The number of hydrogen-bond donors (Lipinski definition) is 1. The highest BCUT2D eigenvalue weighted by molar-refractivity contribution is 7.89. The van der Waals surface area contributed by atoms with Gasteiger partial charge in [-0.05, 0) is 68.8 Å². The fourth-order valence-electron chi connectivity index (χ4n) is 2.48. The quantitative estimate of drug-likeness (QED) is 0.142. The first-order valence-electron chi connectivity index (χ1n) is 9.99. The molecule has 194 valence electrons. The van der Waals surface area contributed by atoms with Crippen molar-refractivity contribution in [2.24, 2.45) is 5.16 Å². The van der Waals surface area contributed by atoms with Crippen molar-refractivity contribution in [2.45, 2.75) is 35.5 Å². The molecule has 0 atom stereocenters. The summed E-state index contributed by atoms with van der Waals surface area (Å²) in [4.78, 5) is -0.822. The van der Waals surface area contributed by atoms with E-state index in [1.807, 2.05) is 0 Å². The predicted octanol–water partition coefficient (Wildman–Crippen LogP) is 3.56. The molecule has 0 aliphatic heterocycles. The Morgan fingerprint density at radius 2 is 1.17 bits per heavy atom. The van der Waals surface area contributed by atoms with Crippen molar-refractivity contribution in [3.8, 4) is 5.75 Å². The molecule has 0 aliphatic carbocycles. The molecule has 3 aromatic rings. The molecule has 0 amide bonds. The summed E-state index contributed by atoms with van der Waals surface area (Å²) in [6, 6.07) is 16.0. The Morgan fingerprint density at radius 3 is 1.67 bits per heavy atom. The molecule has 0 saturated heterocycles. The zero-order valence-corrected chi connectivity index (χ0v) is 21.7. The minimum absolute atomic E-state index is 0.0675. The van der Waals surface area contributed by atoms with Gasteiger partial charge in [0.05, 0.1) is 9.79 Å². The Labute approximate surface area is 209 Å². The van der Waals surface area contributed by atoms with E-state index in [4.69, 9.17) is 9.39 Å². The molecule has 0 bridgehead atoms. The van der Waals surface area contributed by atoms with E-state index in [9.17, 15) is 25.3 Å². The van der Waals surface area contributed by atoms with Crippen LogP contribution in [0, 0.1) is 13.8 Å². The van der Waals surface area contributed by atoms with Crippen molar-refractivity contribution < 1.29 is 43.3 Å². The third-order valence-corrected chi connectivity index (χ3v) is 7.81. The largest absolute Gasteiger partial charge is 0.411 e. The topological polar surface area (TPSA) is 163 Å². The van der Waals surface area contributed by atoms with Crippen LogP contribution in [0.2, 0.25) is 0 Å². The first-order valence-corrected chi connectivity index (χ1v) is 14.2. The second-order valence-electron chi connectivity index (χ2n) is 7.01. The summed E-state index contributed by atoms with van der Waals surface area (Å²) >= 11 is 0. The van der Waals surface area contributed by atoms with Gasteiger partial charge in [-0.2, -0.15) is 25.3 Å². The van der Waals surface area contributed by atoms with Gasteiger partial charge in [-0.1, -0.05) is 44.6 Å². The summed E-state index contributed by atoms with van der Waals surface area (Å²) in [6.45, 7) is 4.86. The van der Waals surface area contributed by atoms with E-state index in [1.165, 1.54) is 49.5 Å². The first kappa shape index (κ1) is 28.9. The fourth-order valence-corrected chi connectivity index (χ4v) is 5.26. The third-order valence-electron chi connectivity index (χ3n) is 4.30. The van der Waals surface area contributed by atoms with Crippen LogP contribution in [0.3, 0.4) is 0 Å². The summed E-state index contributed by atoms with van der Waals surface area (Å²) in [7, 11) is -13.3. The second-order valence-corrected chi connectivity index (χ2v) is 11.6. The predicted molar refractivity (Wildman–Crippen MR) is 129 cm³/mol. The normalized spacial score (nSPS) is 12.1. The summed E-state index contributed by atoms with van der Waals surface area (Å²) < 4.78 is 87.2. The molecular weight excluding hydrogens is 534 g/mol. The van der Waals surface area contributed by atoms with E-state index in [0.717, 1.165) is 23.8 Å². The van der Waals surface area contributed by atoms with Crippen LogP contribution in [0.15, 0.2) is 92.6 Å². The van der Waals surface area contributed by atoms with Crippen LogP contribution in [0.1, 0.15) is 18.1 Å². The van der Waals surface area contributed by atoms with Crippen LogP contribution in [0.4, 0.5) is 0 Å². The van der Waals surface area contributed by atoms with Crippen LogP contribution in [0.5, 0.6) is 5.75 Å². The maximum absolute atomic E-state index is 12.4. The average molecular weight is 558 g/mol. The van der Waals surface area contributed by atoms with Crippen LogP contribution >= 0.6 is 0 Å². The summed E-state index contributed by atoms with van der Waals surface area (Å²) in [5.74, 6) is -0.109. The molecule has 0 heterocycles. The number of benzene rings is 3. The number of nitrogens with zero attached hydrogens (tertiary/aromatic N) is 1. The van der Waals surface area contributed by atoms with Gasteiger partial charge in [0.2, 0.25) is 0 Å². The molecule has 0 saturated carbocycles. The van der Waals surface area contributed by atoms with Crippen molar-refractivity contribution >= 4 is 36.6 Å². The molecule has 14 heteroatoms. The van der Waals surface area contributed by atoms with Crippen molar-refractivity contribution in [1.29, 1.82) is 0 Å². The molecule has 0 fully saturated rings. The minimum Gasteiger partial charge on any atom is -0.411 e. The molecule has 0 radical (unpaired) electrons. The van der Waals surface area contributed by atoms with E-state index < -0.39 is 35.2 Å². The van der Waals surface area contributed by atoms with Crippen molar-refractivity contribution in [3.05, 3.63) is 83.9 Å². The average Bonchev–Trinajstić information content (AvgIpc) is 2.85. The Balaban J connectivity index is 0.00000106. The Hall–Kier alpha value is -3.30. The first-order chi connectivity index (χ1) is 16.8. The molecule has 11 nitrogen and oxygen atoms in total. The molecular formula is C22H23NO10S3. The van der Waals surface area contributed by atoms with E-state index in [2.05, 4.69) is 13.8 Å². The minimum atomic E-state index is -4.65. The second kappa shape index (κ2) is 12.1. The lowest BCUT2D eigenvalue weighted by Gasteiger charge is -2.11. The van der Waals surface area contributed by atoms with E-state index >= 15 is 0 Å². The standard InChI is InChI=1S/C20H18O9S3.C2H5NO/c1-15-8-10-18(11-9-15)30(21,22)27-20-13-12-19(14-16(20)2)32(25,26)29-28-31(23,24)17-6-4-3-5-7-17;1-2-3-4/h3-14H,1-2H3;2,4H,1H3. The monoisotopic (exact) mass is 557 g/mol. The van der Waals surface area contributed by atoms with Crippen molar-refractivity contribution in [2.75, 3.05) is 0 Å². The van der Waals surface area contributed by atoms with Gasteiger partial charge in [-0.3, -0.25) is 0 Å². The van der Waals surface area contributed by atoms with Gasteiger partial charge in [0.25, 0.3) is 0 Å². The zero-order chi connectivity index (χ0) is 27.0. The lowest BCUT2D eigenvalue weighted by molar-refractivity contribution is -0.0851. The molecule has 36 heavy (non-hydrogen) atoms. The number of hydrogen-bond acceptors (Lipinski definition) is 11. The Kier molecular flexibility index (Phi) is 9.72. The van der Waals surface area contributed by atoms with E-state index in [0.29, 0.717) is 0 Å². The molecule has 1 N–H and O–H groups in total. The van der Waals surface area contributed by atoms with Crippen molar-refractivity contribution in [3.63, 3.8) is 0 Å². The molecule has 0 aliphatic rings. The maximum Gasteiger partial charge on any atom is 0.339 e. The zero-order valence-electron chi connectivity index (χ0n) is 19.3. The van der Waals surface area contributed by atoms with E-state index in [-0.39, 0.29) is 21.1 Å². The SMILES string of the molecule is CC=NO.Cc1ccc(S(=O)(=O)Oc2ccc(S(=O)(=O)OOS(=O)(=O)c3ccccc3)cc2C)cc1. The molecule has 3 aromatic carbocycles. The fraction of sp³-hybridized carbons (Fsp3) is 0.136. The number of rotatable bonds is 8. The van der Waals surface area contributed by atoms with Gasteiger partial charge >= 0.3 is 30.4 Å². The molecule has 3 rings (SSSR count). The maximum atomic E-state index is 12.4. The van der Waals surface area contributed by atoms with Gasteiger partial charge in [-0.25, -0.2) is 0 Å². The number of aryl methyl sites for hydroxylation is 2.